The number of methoxy groups -OCH3 is 1. The summed E-state index contributed by atoms with van der Waals surface area (Å²) < 4.78 is 4.36. The molecule has 6 nitrogen and oxygen atoms in total. The molecule has 0 spiro atoms. The van der Waals surface area contributed by atoms with Gasteiger partial charge < -0.3 is 10.1 Å². The topological polar surface area (TPSA) is 79.8 Å². The molecule has 94 valence electrons. The van der Waals surface area contributed by atoms with E-state index in [0.717, 1.165) is 11.8 Å². The zero-order valence-corrected chi connectivity index (χ0v) is 10.8. The van der Waals surface area contributed by atoms with Gasteiger partial charge in [0, 0.05) is 6.04 Å². The molecule has 0 rings (SSSR count). The molecule has 17 heavy (non-hydrogen) atoms. The van der Waals surface area contributed by atoms with Gasteiger partial charge in [-0.25, -0.2) is 9.59 Å². The third-order valence-electron chi connectivity index (χ3n) is 1.30. The molecular weight excluding hydrogens is 242 g/mol. The number of amides is 3. The van der Waals surface area contributed by atoms with E-state index in [2.05, 4.69) is 26.3 Å². The van der Waals surface area contributed by atoms with Crippen molar-refractivity contribution >= 4 is 29.1 Å². The minimum Gasteiger partial charge on any atom is -0.451 e. The van der Waals surface area contributed by atoms with Gasteiger partial charge in [0.2, 0.25) is 0 Å². The largest absolute Gasteiger partial charge is 0.451 e. The van der Waals surface area contributed by atoms with E-state index in [-0.39, 0.29) is 17.0 Å². The van der Waals surface area contributed by atoms with Gasteiger partial charge >= 0.3 is 12.1 Å². The highest BCUT2D eigenvalue weighted by Gasteiger charge is 2.09. The van der Waals surface area contributed by atoms with Crippen molar-refractivity contribution < 1.29 is 14.3 Å². The number of hydrogen-bond donors (Lipinski definition) is 2. The van der Waals surface area contributed by atoms with Crippen molar-refractivity contribution in [2.75, 3.05) is 12.9 Å². The van der Waals surface area contributed by atoms with Crippen molar-refractivity contribution in [3.05, 3.63) is 0 Å². The number of nitrogens with one attached hydrogen (secondary N) is 2. The molecule has 7 heteroatoms. The fourth-order valence-corrected chi connectivity index (χ4v) is 1.25. The minimum atomic E-state index is -0.797. The number of carbonyl (C=O) groups excluding carboxylic acids is 2. The molecule has 0 heterocycles. The van der Waals surface area contributed by atoms with Crippen LogP contribution >= 0.6 is 11.8 Å². The number of terminal acetylenes is 1. The minimum absolute atomic E-state index is 0.0213. The lowest BCUT2D eigenvalue weighted by Crippen LogP contribution is -2.41. The van der Waals surface area contributed by atoms with Gasteiger partial charge in [0.05, 0.1) is 12.9 Å². The number of amidine groups is 1. The lowest BCUT2D eigenvalue weighted by molar-refractivity contribution is 0.182. The number of hydrogen-bond acceptors (Lipinski definition) is 4. The van der Waals surface area contributed by atoms with Crippen molar-refractivity contribution in [2.24, 2.45) is 4.99 Å². The Labute approximate surface area is 105 Å². The van der Waals surface area contributed by atoms with E-state index in [1.807, 2.05) is 13.8 Å². The Kier molecular flexibility index (Phi) is 7.63. The summed E-state index contributed by atoms with van der Waals surface area (Å²) in [5.74, 6) is 2.65. The maximum atomic E-state index is 11.4. The fourth-order valence-electron chi connectivity index (χ4n) is 0.730. The molecule has 2 N–H and O–H groups in total. The second kappa shape index (κ2) is 8.47. The van der Waals surface area contributed by atoms with E-state index in [9.17, 15) is 9.59 Å². The van der Waals surface area contributed by atoms with Crippen molar-refractivity contribution in [1.29, 1.82) is 0 Å². The highest BCUT2D eigenvalue weighted by molar-refractivity contribution is 8.14. The fraction of sp³-hybridized carbons (Fsp3) is 0.500. The number of thioether (sulfide) groups is 1. The van der Waals surface area contributed by atoms with Crippen LogP contribution < -0.4 is 10.6 Å². The van der Waals surface area contributed by atoms with Gasteiger partial charge in [0.15, 0.2) is 5.17 Å². The molecule has 0 saturated heterocycles. The molecule has 3 amide bonds. The van der Waals surface area contributed by atoms with Crippen LogP contribution in [0.5, 0.6) is 0 Å². The molecule has 0 saturated carbocycles. The molecule has 0 aliphatic heterocycles. The number of rotatable bonds is 2. The Hall–Kier alpha value is -1.68. The van der Waals surface area contributed by atoms with Crippen molar-refractivity contribution in [3.63, 3.8) is 0 Å². The molecule has 0 aliphatic carbocycles. The zero-order valence-electron chi connectivity index (χ0n) is 9.94. The monoisotopic (exact) mass is 257 g/mol. The second-order valence-electron chi connectivity index (χ2n) is 3.13. The first-order valence-electron chi connectivity index (χ1n) is 4.80. The van der Waals surface area contributed by atoms with Crippen LogP contribution in [-0.2, 0) is 4.74 Å². The summed E-state index contributed by atoms with van der Waals surface area (Å²) in [6.07, 6.45) is 4.28. The molecule has 0 radical (unpaired) electrons. The number of ether oxygens (including phenoxy) is 1. The van der Waals surface area contributed by atoms with E-state index in [1.165, 1.54) is 7.11 Å². The van der Waals surface area contributed by atoms with Crippen LogP contribution in [0.4, 0.5) is 9.59 Å². The van der Waals surface area contributed by atoms with Crippen LogP contribution in [-0.4, -0.2) is 36.2 Å². The number of nitrogens with zero attached hydrogens (tertiary/aromatic N) is 1. The molecule has 0 aromatic carbocycles. The SMILES string of the molecule is C#CCS/C(=N\C(=O)OC)NC(=O)NC(C)C. The van der Waals surface area contributed by atoms with Crippen LogP contribution in [0.3, 0.4) is 0 Å². The lowest BCUT2D eigenvalue weighted by Gasteiger charge is -2.10. The van der Waals surface area contributed by atoms with Gasteiger partial charge in [-0.15, -0.1) is 6.42 Å². The van der Waals surface area contributed by atoms with Crippen LogP contribution in [0.15, 0.2) is 4.99 Å². The third-order valence-corrected chi connectivity index (χ3v) is 2.08. The Morgan fingerprint density at radius 3 is 2.65 bits per heavy atom. The first kappa shape index (κ1) is 15.3. The predicted octanol–water partition coefficient (Wildman–Crippen LogP) is 1.18. The molecule has 0 fully saturated rings. The first-order chi connectivity index (χ1) is 7.99. The van der Waals surface area contributed by atoms with Crippen LogP contribution in [0.1, 0.15) is 13.8 Å². The molecule has 0 aromatic rings. The molecule has 0 atom stereocenters. The Morgan fingerprint density at radius 1 is 1.53 bits per heavy atom. The standard InChI is InChI=1S/C10H15N3O3S/c1-5-6-17-9(13-10(15)16-4)12-8(14)11-7(2)3/h1,7H,6H2,2-4H3,(H2,11,12,13,14,15). The van der Waals surface area contributed by atoms with Gasteiger partial charge in [-0.05, 0) is 13.8 Å². The van der Waals surface area contributed by atoms with E-state index >= 15 is 0 Å². The quantitative estimate of drug-likeness (QED) is 0.442. The Bertz CT molecular complexity index is 347. The van der Waals surface area contributed by atoms with E-state index in [4.69, 9.17) is 6.42 Å². The van der Waals surface area contributed by atoms with Gasteiger partial charge in [-0.1, -0.05) is 17.7 Å². The van der Waals surface area contributed by atoms with Crippen molar-refractivity contribution in [2.45, 2.75) is 19.9 Å². The van der Waals surface area contributed by atoms with E-state index in [1.54, 1.807) is 0 Å². The smallest absolute Gasteiger partial charge is 0.435 e. The molecule has 0 aromatic heterocycles. The highest BCUT2D eigenvalue weighted by Crippen LogP contribution is 2.01. The molecule has 0 bridgehead atoms. The number of aliphatic imine (C=N–C) groups is 1. The molecular formula is C10H15N3O3S. The Morgan fingerprint density at radius 2 is 2.18 bits per heavy atom. The van der Waals surface area contributed by atoms with Crippen LogP contribution in [0.2, 0.25) is 0 Å². The van der Waals surface area contributed by atoms with Crippen LogP contribution in [0.25, 0.3) is 0 Å². The highest BCUT2D eigenvalue weighted by atomic mass is 32.2. The summed E-state index contributed by atoms with van der Waals surface area (Å²) >= 11 is 1.06. The van der Waals surface area contributed by atoms with Crippen molar-refractivity contribution in [3.8, 4) is 12.3 Å². The van der Waals surface area contributed by atoms with Crippen LogP contribution in [0, 0.1) is 12.3 Å². The average Bonchev–Trinajstić information content (AvgIpc) is 2.24. The molecule has 0 aliphatic rings. The summed E-state index contributed by atoms with van der Waals surface area (Å²) in [7, 11) is 1.20. The van der Waals surface area contributed by atoms with Gasteiger partial charge in [-0.3, -0.25) is 5.32 Å². The van der Waals surface area contributed by atoms with Gasteiger partial charge in [-0.2, -0.15) is 4.99 Å². The number of carbonyl (C=O) groups is 2. The average molecular weight is 257 g/mol. The molecule has 0 unspecified atom stereocenters. The summed E-state index contributed by atoms with van der Waals surface area (Å²) in [5.41, 5.74) is 0. The van der Waals surface area contributed by atoms with Gasteiger partial charge in [0.25, 0.3) is 0 Å². The second-order valence-corrected chi connectivity index (χ2v) is 4.10. The van der Waals surface area contributed by atoms with Gasteiger partial charge in [0.1, 0.15) is 0 Å². The summed E-state index contributed by atoms with van der Waals surface area (Å²) in [6.45, 7) is 3.62. The summed E-state index contributed by atoms with van der Waals surface area (Å²) in [6, 6.07) is -0.473. The summed E-state index contributed by atoms with van der Waals surface area (Å²) in [4.78, 5) is 25.9. The van der Waals surface area contributed by atoms with Crippen molar-refractivity contribution in [1.82, 2.24) is 10.6 Å². The predicted molar refractivity (Wildman–Crippen MR) is 67.9 cm³/mol. The van der Waals surface area contributed by atoms with E-state index in [0.29, 0.717) is 0 Å². The normalized spacial score (nSPS) is 10.6. The number of urea groups is 1. The first-order valence-corrected chi connectivity index (χ1v) is 5.78. The maximum Gasteiger partial charge on any atom is 0.435 e. The zero-order chi connectivity index (χ0) is 13.3. The maximum absolute atomic E-state index is 11.4. The summed E-state index contributed by atoms with van der Waals surface area (Å²) in [5, 5.41) is 5.11. The lowest BCUT2D eigenvalue weighted by atomic mass is 10.4. The Balaban J connectivity index is 4.49. The van der Waals surface area contributed by atoms with E-state index < -0.39 is 12.1 Å². The third kappa shape index (κ3) is 8.16.